The van der Waals surface area contributed by atoms with Crippen LogP contribution in [0.1, 0.15) is 113 Å². The third-order valence-electron chi connectivity index (χ3n) is 12.6. The highest BCUT2D eigenvalue weighted by molar-refractivity contribution is 5.10. The third-order valence-corrected chi connectivity index (χ3v) is 12.6. The van der Waals surface area contributed by atoms with Crippen molar-refractivity contribution in [2.45, 2.75) is 119 Å². The van der Waals surface area contributed by atoms with Gasteiger partial charge in [-0.1, -0.05) is 55.4 Å². The Bertz CT molecular complexity index is 626. The highest BCUT2D eigenvalue weighted by atomic mass is 16.3. The first-order chi connectivity index (χ1) is 14.5. The van der Waals surface area contributed by atoms with Gasteiger partial charge in [0.25, 0.3) is 0 Å². The molecule has 4 rings (SSSR count). The summed E-state index contributed by atoms with van der Waals surface area (Å²) < 4.78 is 0. The molecule has 0 amide bonds. The second-order valence-corrected chi connectivity index (χ2v) is 14.1. The van der Waals surface area contributed by atoms with Gasteiger partial charge >= 0.3 is 0 Å². The van der Waals surface area contributed by atoms with Crippen molar-refractivity contribution in [2.75, 3.05) is 0 Å². The fourth-order valence-corrected chi connectivity index (χ4v) is 10.3. The summed E-state index contributed by atoms with van der Waals surface area (Å²) in [4.78, 5) is 0. The second kappa shape index (κ2) is 8.63. The van der Waals surface area contributed by atoms with E-state index in [-0.39, 0.29) is 6.10 Å². The van der Waals surface area contributed by atoms with Gasteiger partial charge in [-0.3, -0.25) is 0 Å². The number of rotatable bonds is 5. The molecule has 12 atom stereocenters. The van der Waals surface area contributed by atoms with E-state index in [0.29, 0.717) is 16.7 Å². The molecule has 0 aromatic carbocycles. The van der Waals surface area contributed by atoms with Crippen LogP contribution in [0.5, 0.6) is 0 Å². The molecule has 0 radical (unpaired) electrons. The van der Waals surface area contributed by atoms with Crippen LogP contribution in [0.3, 0.4) is 0 Å². The van der Waals surface area contributed by atoms with Crippen LogP contribution in [0.2, 0.25) is 0 Å². The minimum Gasteiger partial charge on any atom is -0.393 e. The second-order valence-electron chi connectivity index (χ2n) is 14.1. The van der Waals surface area contributed by atoms with Gasteiger partial charge in [-0.15, -0.1) is 0 Å². The molecule has 4 aliphatic carbocycles. The fourth-order valence-electron chi connectivity index (χ4n) is 10.3. The van der Waals surface area contributed by atoms with Gasteiger partial charge in [-0.25, -0.2) is 0 Å². The van der Waals surface area contributed by atoms with Crippen molar-refractivity contribution < 1.29 is 5.11 Å². The van der Waals surface area contributed by atoms with Crippen molar-refractivity contribution in [1.29, 1.82) is 0 Å². The fraction of sp³-hybridized carbons (Fsp3) is 1.00. The molecule has 0 spiro atoms. The summed E-state index contributed by atoms with van der Waals surface area (Å²) in [6.07, 6.45) is 12.5. The van der Waals surface area contributed by atoms with Gasteiger partial charge < -0.3 is 5.11 Å². The summed E-state index contributed by atoms with van der Waals surface area (Å²) in [5, 5.41) is 10.6. The average molecular weight is 431 g/mol. The van der Waals surface area contributed by atoms with E-state index in [1.54, 1.807) is 0 Å². The van der Waals surface area contributed by atoms with Crippen LogP contribution in [-0.4, -0.2) is 11.2 Å². The van der Waals surface area contributed by atoms with Crippen molar-refractivity contribution in [3.05, 3.63) is 0 Å². The summed E-state index contributed by atoms with van der Waals surface area (Å²) >= 11 is 0. The smallest absolute Gasteiger partial charge is 0.0568 e. The molecule has 1 nitrogen and oxygen atoms in total. The summed E-state index contributed by atoms with van der Waals surface area (Å²) in [5.41, 5.74) is 1.08. The Morgan fingerprint density at radius 3 is 2.06 bits per heavy atom. The Kier molecular flexibility index (Phi) is 6.71. The number of hydrogen-bond acceptors (Lipinski definition) is 1. The van der Waals surface area contributed by atoms with Gasteiger partial charge in [0, 0.05) is 0 Å². The van der Waals surface area contributed by atoms with Crippen molar-refractivity contribution in [3.63, 3.8) is 0 Å². The van der Waals surface area contributed by atoms with E-state index >= 15 is 0 Å². The van der Waals surface area contributed by atoms with Crippen LogP contribution in [0.25, 0.3) is 0 Å². The molecule has 0 aliphatic heterocycles. The van der Waals surface area contributed by atoms with Gasteiger partial charge in [0.2, 0.25) is 0 Å². The predicted molar refractivity (Wildman–Crippen MR) is 133 cm³/mol. The number of aliphatic hydroxyl groups excluding tert-OH is 1. The van der Waals surface area contributed by atoms with E-state index in [0.717, 1.165) is 59.7 Å². The molecule has 0 heterocycles. The van der Waals surface area contributed by atoms with E-state index in [1.807, 2.05) is 0 Å². The maximum atomic E-state index is 10.6. The molecule has 4 saturated carbocycles. The summed E-state index contributed by atoms with van der Waals surface area (Å²) in [6.45, 7) is 20.1. The maximum absolute atomic E-state index is 10.6. The van der Waals surface area contributed by atoms with E-state index in [9.17, 15) is 5.11 Å². The van der Waals surface area contributed by atoms with Gasteiger partial charge in [0.15, 0.2) is 0 Å². The largest absolute Gasteiger partial charge is 0.393 e. The van der Waals surface area contributed by atoms with Gasteiger partial charge in [-0.2, -0.15) is 0 Å². The SMILES string of the molecule is CC(C)C(C)C(C)C[C@@H](C)[C@H]1CC[C@H]2[C@@H]3CC[C@H]4[C@H](C)[C@@H](O)CC[C@]4(C)[C@H]3CC[C@]12C. The molecule has 180 valence electrons. The zero-order valence-corrected chi connectivity index (χ0v) is 22.2. The topological polar surface area (TPSA) is 20.2 Å². The molecular formula is C30H54O. The van der Waals surface area contributed by atoms with Crippen molar-refractivity contribution >= 4 is 0 Å². The molecule has 2 unspecified atom stereocenters. The molecule has 4 fully saturated rings. The first kappa shape index (κ1) is 24.1. The standard InChI is InChI=1S/C30H54O/c1-18(2)21(5)19(3)17-20(4)24-11-12-26-23-9-10-25-22(6)28(31)14-16-30(25,8)27(23)13-15-29(24,26)7/h18-28,31H,9-17H2,1-8H3/t19?,20-,21?,22+,23+,24-,25+,26+,27+,28+,29-,30+/m1/s1. The molecule has 1 N–H and O–H groups in total. The molecular weight excluding hydrogens is 376 g/mol. The summed E-state index contributed by atoms with van der Waals surface area (Å²) in [5.74, 6) is 8.43. The number of fused-ring (bicyclic) bond motifs is 5. The first-order valence-electron chi connectivity index (χ1n) is 14.2. The van der Waals surface area contributed by atoms with Gasteiger partial charge in [-0.05, 0) is 128 Å². The van der Waals surface area contributed by atoms with Crippen LogP contribution in [-0.2, 0) is 0 Å². The lowest BCUT2D eigenvalue weighted by Crippen LogP contribution is -2.56. The lowest BCUT2D eigenvalue weighted by Gasteiger charge is -2.62. The Morgan fingerprint density at radius 2 is 1.39 bits per heavy atom. The molecule has 0 aromatic rings. The van der Waals surface area contributed by atoms with Crippen LogP contribution in [0, 0.1) is 70.0 Å². The Balaban J connectivity index is 1.49. The molecule has 0 saturated heterocycles. The number of aliphatic hydroxyl groups is 1. The lowest BCUT2D eigenvalue weighted by atomic mass is 9.43. The normalized spacial score (nSPS) is 50.3. The van der Waals surface area contributed by atoms with E-state index in [1.165, 1.54) is 51.4 Å². The predicted octanol–water partition coefficient (Wildman–Crippen LogP) is 8.21. The van der Waals surface area contributed by atoms with E-state index in [4.69, 9.17) is 0 Å². The van der Waals surface area contributed by atoms with E-state index in [2.05, 4.69) is 55.4 Å². The monoisotopic (exact) mass is 430 g/mol. The van der Waals surface area contributed by atoms with Crippen molar-refractivity contribution in [3.8, 4) is 0 Å². The Morgan fingerprint density at radius 1 is 0.774 bits per heavy atom. The first-order valence-corrected chi connectivity index (χ1v) is 14.2. The van der Waals surface area contributed by atoms with Crippen LogP contribution in [0.15, 0.2) is 0 Å². The highest BCUT2D eigenvalue weighted by Gasteiger charge is 2.61. The van der Waals surface area contributed by atoms with Gasteiger partial charge in [0.1, 0.15) is 0 Å². The van der Waals surface area contributed by atoms with E-state index < -0.39 is 0 Å². The number of hydrogen-bond donors (Lipinski definition) is 1. The minimum atomic E-state index is -0.0459. The quantitative estimate of drug-likeness (QED) is 0.466. The summed E-state index contributed by atoms with van der Waals surface area (Å²) in [6, 6.07) is 0. The minimum absolute atomic E-state index is 0.0459. The summed E-state index contributed by atoms with van der Waals surface area (Å²) in [7, 11) is 0. The van der Waals surface area contributed by atoms with Crippen LogP contribution < -0.4 is 0 Å². The lowest BCUT2D eigenvalue weighted by molar-refractivity contribution is -0.149. The zero-order valence-electron chi connectivity index (χ0n) is 22.2. The maximum Gasteiger partial charge on any atom is 0.0568 e. The highest BCUT2D eigenvalue weighted by Crippen LogP contribution is 2.69. The van der Waals surface area contributed by atoms with Gasteiger partial charge in [0.05, 0.1) is 6.10 Å². The molecule has 1 heteroatoms. The third kappa shape index (κ3) is 3.85. The Hall–Kier alpha value is -0.0400. The van der Waals surface area contributed by atoms with Crippen LogP contribution >= 0.6 is 0 Å². The molecule has 0 aromatic heterocycles. The van der Waals surface area contributed by atoms with Crippen molar-refractivity contribution in [2.24, 2.45) is 70.0 Å². The molecule has 4 aliphatic rings. The zero-order chi connectivity index (χ0) is 22.7. The molecule has 31 heavy (non-hydrogen) atoms. The van der Waals surface area contributed by atoms with Crippen molar-refractivity contribution in [1.82, 2.24) is 0 Å². The Labute approximate surface area is 194 Å². The average Bonchev–Trinajstić information content (AvgIpc) is 3.07. The molecule has 0 bridgehead atoms. The van der Waals surface area contributed by atoms with Crippen LogP contribution in [0.4, 0.5) is 0 Å².